The molecule has 0 aromatic heterocycles. The number of aryl methyl sites for hydroxylation is 3. The van der Waals surface area contributed by atoms with E-state index in [2.05, 4.69) is 42.8 Å². The standard InChI is InChI=1S/C20H32N2O/c1-16-13-17(2)20(23-15-18-6-7-18)19(14-16)5-4-8-22-11-9-21(3)10-12-22/h13-14,18H,4-12,15H2,1-3H3. The summed E-state index contributed by atoms with van der Waals surface area (Å²) >= 11 is 0. The Balaban J connectivity index is 1.54. The van der Waals surface area contributed by atoms with Gasteiger partial charge < -0.3 is 14.5 Å². The normalized spacial score (nSPS) is 20.0. The zero-order valence-electron chi connectivity index (χ0n) is 15.1. The summed E-state index contributed by atoms with van der Waals surface area (Å²) in [6.45, 7) is 11.4. The van der Waals surface area contributed by atoms with E-state index in [1.165, 1.54) is 74.4 Å². The summed E-state index contributed by atoms with van der Waals surface area (Å²) in [5, 5.41) is 0. The van der Waals surface area contributed by atoms with Gasteiger partial charge in [-0.1, -0.05) is 17.7 Å². The molecule has 1 aliphatic heterocycles. The molecule has 1 saturated heterocycles. The minimum atomic E-state index is 0.814. The van der Waals surface area contributed by atoms with E-state index in [1.54, 1.807) is 0 Å². The zero-order valence-corrected chi connectivity index (χ0v) is 15.1. The van der Waals surface area contributed by atoms with Crippen molar-refractivity contribution in [1.82, 2.24) is 9.80 Å². The van der Waals surface area contributed by atoms with Gasteiger partial charge >= 0.3 is 0 Å². The average Bonchev–Trinajstić information content (AvgIpc) is 3.32. The average molecular weight is 316 g/mol. The van der Waals surface area contributed by atoms with Crippen LogP contribution in [-0.4, -0.2) is 56.2 Å². The van der Waals surface area contributed by atoms with Gasteiger partial charge in [-0.25, -0.2) is 0 Å². The Morgan fingerprint density at radius 2 is 1.83 bits per heavy atom. The second-order valence-electron chi connectivity index (χ2n) is 7.57. The summed E-state index contributed by atoms with van der Waals surface area (Å²) in [7, 11) is 2.22. The van der Waals surface area contributed by atoms with E-state index in [0.29, 0.717) is 0 Å². The van der Waals surface area contributed by atoms with Gasteiger partial charge in [-0.15, -0.1) is 0 Å². The van der Waals surface area contributed by atoms with Crippen LogP contribution in [0.3, 0.4) is 0 Å². The van der Waals surface area contributed by atoms with Crippen LogP contribution >= 0.6 is 0 Å². The Kier molecular flexibility index (Phi) is 5.60. The van der Waals surface area contributed by atoms with Gasteiger partial charge in [-0.05, 0) is 70.2 Å². The summed E-state index contributed by atoms with van der Waals surface area (Å²) in [5.74, 6) is 1.98. The number of benzene rings is 1. The first kappa shape index (κ1) is 16.8. The third-order valence-corrected chi connectivity index (χ3v) is 5.17. The number of rotatable bonds is 7. The van der Waals surface area contributed by atoms with E-state index in [9.17, 15) is 0 Å². The molecule has 0 spiro atoms. The highest BCUT2D eigenvalue weighted by molar-refractivity contribution is 5.44. The van der Waals surface area contributed by atoms with Crippen LogP contribution in [0.15, 0.2) is 12.1 Å². The molecule has 0 amide bonds. The predicted octanol–water partition coefficient (Wildman–Crippen LogP) is 3.27. The fourth-order valence-electron chi connectivity index (χ4n) is 3.48. The van der Waals surface area contributed by atoms with Crippen molar-refractivity contribution in [3.63, 3.8) is 0 Å². The minimum absolute atomic E-state index is 0.814. The molecule has 2 aliphatic rings. The van der Waals surface area contributed by atoms with Crippen LogP contribution in [-0.2, 0) is 6.42 Å². The molecule has 2 fully saturated rings. The fourth-order valence-corrected chi connectivity index (χ4v) is 3.48. The Morgan fingerprint density at radius 1 is 1.09 bits per heavy atom. The molecular formula is C20H32N2O. The van der Waals surface area contributed by atoms with Gasteiger partial charge in [0.15, 0.2) is 0 Å². The quantitative estimate of drug-likeness (QED) is 0.768. The first-order valence-corrected chi connectivity index (χ1v) is 9.25. The van der Waals surface area contributed by atoms with Crippen LogP contribution in [0.25, 0.3) is 0 Å². The Labute approximate surface area is 141 Å². The van der Waals surface area contributed by atoms with E-state index in [-0.39, 0.29) is 0 Å². The van der Waals surface area contributed by atoms with Crippen LogP contribution in [0.1, 0.15) is 36.0 Å². The second-order valence-corrected chi connectivity index (χ2v) is 7.57. The van der Waals surface area contributed by atoms with Gasteiger partial charge in [0.05, 0.1) is 6.61 Å². The summed E-state index contributed by atoms with van der Waals surface area (Å²) in [5.41, 5.74) is 4.08. The Hall–Kier alpha value is -1.06. The number of piperazine rings is 1. The van der Waals surface area contributed by atoms with E-state index in [1.807, 2.05) is 0 Å². The zero-order chi connectivity index (χ0) is 16.2. The van der Waals surface area contributed by atoms with Crippen LogP contribution < -0.4 is 4.74 Å². The van der Waals surface area contributed by atoms with Crippen molar-refractivity contribution in [2.45, 2.75) is 39.5 Å². The molecular weight excluding hydrogens is 284 g/mol. The van der Waals surface area contributed by atoms with Crippen molar-refractivity contribution in [3.8, 4) is 5.75 Å². The molecule has 0 radical (unpaired) electrons. The fraction of sp³-hybridized carbons (Fsp3) is 0.700. The lowest BCUT2D eigenvalue weighted by Crippen LogP contribution is -2.44. The molecule has 3 nitrogen and oxygen atoms in total. The molecule has 23 heavy (non-hydrogen) atoms. The molecule has 3 rings (SSSR count). The van der Waals surface area contributed by atoms with Gasteiger partial charge in [0.1, 0.15) is 5.75 Å². The molecule has 1 aromatic carbocycles. The number of hydrogen-bond acceptors (Lipinski definition) is 3. The lowest BCUT2D eigenvalue weighted by atomic mass is 10.0. The number of nitrogens with zero attached hydrogens (tertiary/aromatic N) is 2. The molecule has 3 heteroatoms. The SMILES string of the molecule is Cc1cc(C)c(OCC2CC2)c(CCCN2CCN(C)CC2)c1. The van der Waals surface area contributed by atoms with Gasteiger partial charge in [0.25, 0.3) is 0 Å². The molecule has 0 N–H and O–H groups in total. The molecule has 1 saturated carbocycles. The molecule has 1 aliphatic carbocycles. The number of likely N-dealkylation sites (N-methyl/N-ethyl adjacent to an activating group) is 1. The molecule has 0 atom stereocenters. The maximum Gasteiger partial charge on any atom is 0.125 e. The summed E-state index contributed by atoms with van der Waals surface area (Å²) in [6, 6.07) is 4.59. The van der Waals surface area contributed by atoms with Gasteiger partial charge in [-0.2, -0.15) is 0 Å². The highest BCUT2D eigenvalue weighted by atomic mass is 16.5. The van der Waals surface area contributed by atoms with Gasteiger partial charge in [-0.3, -0.25) is 0 Å². The third-order valence-electron chi connectivity index (χ3n) is 5.17. The van der Waals surface area contributed by atoms with Crippen molar-refractivity contribution < 1.29 is 4.74 Å². The Morgan fingerprint density at radius 3 is 2.52 bits per heavy atom. The van der Waals surface area contributed by atoms with Crippen molar-refractivity contribution in [2.24, 2.45) is 5.92 Å². The number of ether oxygens (including phenoxy) is 1. The lowest BCUT2D eigenvalue weighted by molar-refractivity contribution is 0.153. The van der Waals surface area contributed by atoms with E-state index in [4.69, 9.17) is 4.74 Å². The van der Waals surface area contributed by atoms with Crippen molar-refractivity contribution in [3.05, 3.63) is 28.8 Å². The molecule has 0 bridgehead atoms. The van der Waals surface area contributed by atoms with Crippen LogP contribution in [0, 0.1) is 19.8 Å². The molecule has 1 aromatic rings. The highest BCUT2D eigenvalue weighted by Gasteiger charge is 2.23. The summed E-state index contributed by atoms with van der Waals surface area (Å²) in [6.07, 6.45) is 5.06. The van der Waals surface area contributed by atoms with Crippen LogP contribution in [0.4, 0.5) is 0 Å². The smallest absolute Gasteiger partial charge is 0.125 e. The van der Waals surface area contributed by atoms with E-state index < -0.39 is 0 Å². The maximum absolute atomic E-state index is 6.18. The predicted molar refractivity (Wildman–Crippen MR) is 96.4 cm³/mol. The van der Waals surface area contributed by atoms with Crippen LogP contribution in [0.5, 0.6) is 5.75 Å². The maximum atomic E-state index is 6.18. The number of hydrogen-bond donors (Lipinski definition) is 0. The lowest BCUT2D eigenvalue weighted by Gasteiger charge is -2.32. The van der Waals surface area contributed by atoms with Crippen LogP contribution in [0.2, 0.25) is 0 Å². The van der Waals surface area contributed by atoms with Crippen molar-refractivity contribution in [2.75, 3.05) is 46.4 Å². The first-order valence-electron chi connectivity index (χ1n) is 9.25. The summed E-state index contributed by atoms with van der Waals surface area (Å²) in [4.78, 5) is 5.03. The van der Waals surface area contributed by atoms with Crippen molar-refractivity contribution >= 4 is 0 Å². The van der Waals surface area contributed by atoms with Gasteiger partial charge in [0, 0.05) is 26.2 Å². The Bertz CT molecular complexity index is 517. The molecule has 128 valence electrons. The van der Waals surface area contributed by atoms with Gasteiger partial charge in [0.2, 0.25) is 0 Å². The first-order chi connectivity index (χ1) is 11.1. The molecule has 1 heterocycles. The monoisotopic (exact) mass is 316 g/mol. The van der Waals surface area contributed by atoms with Crippen molar-refractivity contribution in [1.29, 1.82) is 0 Å². The van der Waals surface area contributed by atoms with E-state index in [0.717, 1.165) is 18.9 Å². The minimum Gasteiger partial charge on any atom is -0.493 e. The highest BCUT2D eigenvalue weighted by Crippen LogP contribution is 2.32. The largest absolute Gasteiger partial charge is 0.493 e. The topological polar surface area (TPSA) is 15.7 Å². The summed E-state index contributed by atoms with van der Waals surface area (Å²) < 4.78 is 6.18. The van der Waals surface area contributed by atoms with E-state index >= 15 is 0 Å². The second kappa shape index (κ2) is 7.67. The molecule has 0 unspecified atom stereocenters. The third kappa shape index (κ3) is 4.95.